The smallest absolute Gasteiger partial charge is 0.282 e. The minimum absolute atomic E-state index is 0.0701. The van der Waals surface area contributed by atoms with Gasteiger partial charge in [0.05, 0.1) is 33.0 Å². The molecule has 9 heteroatoms. The standard InChI is InChI=1S/C25H25N3O6/c1-16-13-23-27-25(29)20(24(26)28(23)34-16)14-17-5-10-21(22(15-17)31-3)33-12-4-11-32-19-8-6-18(30-2)7-9-19/h5-10,13-15,26H,4,11-12H2,1-3H3/b20-14+,26-24?. The van der Waals surface area contributed by atoms with Gasteiger partial charge in [0.2, 0.25) is 0 Å². The zero-order chi connectivity index (χ0) is 24.1. The van der Waals surface area contributed by atoms with Gasteiger partial charge < -0.3 is 23.8 Å². The lowest BCUT2D eigenvalue weighted by molar-refractivity contribution is -0.114. The molecule has 0 aromatic heterocycles. The van der Waals surface area contributed by atoms with Gasteiger partial charge in [-0.25, -0.2) is 0 Å². The zero-order valence-electron chi connectivity index (χ0n) is 19.2. The highest BCUT2D eigenvalue weighted by Gasteiger charge is 2.34. The van der Waals surface area contributed by atoms with Crippen LogP contribution >= 0.6 is 0 Å². The van der Waals surface area contributed by atoms with E-state index in [0.717, 1.165) is 11.5 Å². The molecule has 0 saturated carbocycles. The lowest BCUT2D eigenvalue weighted by Crippen LogP contribution is -2.38. The molecule has 4 rings (SSSR count). The van der Waals surface area contributed by atoms with Crippen LogP contribution in [0, 0.1) is 5.41 Å². The number of amides is 1. The minimum Gasteiger partial charge on any atom is -0.497 e. The Morgan fingerprint density at radius 3 is 2.47 bits per heavy atom. The largest absolute Gasteiger partial charge is 0.497 e. The second-order valence-corrected chi connectivity index (χ2v) is 7.46. The second-order valence-electron chi connectivity index (χ2n) is 7.46. The molecule has 0 unspecified atom stereocenters. The van der Waals surface area contributed by atoms with Crippen molar-refractivity contribution in [1.29, 1.82) is 5.41 Å². The Kier molecular flexibility index (Phi) is 6.82. The third kappa shape index (κ3) is 5.03. The minimum atomic E-state index is -0.498. The molecular formula is C25H25N3O6. The predicted molar refractivity (Wildman–Crippen MR) is 126 cm³/mol. The van der Waals surface area contributed by atoms with Crippen LogP contribution in [0.5, 0.6) is 23.0 Å². The number of rotatable bonds is 9. The topological polar surface area (TPSA) is 103 Å². The third-order valence-corrected chi connectivity index (χ3v) is 5.05. The third-order valence-electron chi connectivity index (χ3n) is 5.05. The summed E-state index contributed by atoms with van der Waals surface area (Å²) in [5.74, 6) is 2.93. The molecule has 1 amide bonds. The van der Waals surface area contributed by atoms with Crippen molar-refractivity contribution in [2.75, 3.05) is 27.4 Å². The average molecular weight is 463 g/mol. The van der Waals surface area contributed by atoms with Crippen molar-refractivity contribution >= 4 is 23.7 Å². The molecule has 1 N–H and O–H groups in total. The lowest BCUT2D eigenvalue weighted by Gasteiger charge is -2.23. The van der Waals surface area contributed by atoms with Crippen molar-refractivity contribution in [1.82, 2.24) is 5.06 Å². The van der Waals surface area contributed by atoms with Gasteiger partial charge in [-0.05, 0) is 55.0 Å². The number of carbonyl (C=O) groups is 1. The molecule has 0 fully saturated rings. The Hall–Kier alpha value is -4.27. The Morgan fingerprint density at radius 1 is 1.00 bits per heavy atom. The summed E-state index contributed by atoms with van der Waals surface area (Å²) >= 11 is 0. The van der Waals surface area contributed by atoms with Crippen LogP contribution in [0.2, 0.25) is 0 Å². The van der Waals surface area contributed by atoms with Crippen LogP contribution in [0.1, 0.15) is 18.9 Å². The van der Waals surface area contributed by atoms with Crippen LogP contribution in [-0.4, -0.2) is 50.1 Å². The van der Waals surface area contributed by atoms with Gasteiger partial charge >= 0.3 is 0 Å². The average Bonchev–Trinajstić information content (AvgIpc) is 3.22. The van der Waals surface area contributed by atoms with Crippen LogP contribution in [0.4, 0.5) is 0 Å². The Morgan fingerprint density at radius 2 is 1.74 bits per heavy atom. The summed E-state index contributed by atoms with van der Waals surface area (Å²) in [5.41, 5.74) is 0.793. The number of hydrogen-bond acceptors (Lipinski definition) is 7. The first-order valence-electron chi connectivity index (χ1n) is 10.7. The van der Waals surface area contributed by atoms with E-state index in [1.54, 1.807) is 51.5 Å². The first-order valence-corrected chi connectivity index (χ1v) is 10.7. The SMILES string of the molecule is COc1ccc(OCCCOc2ccc(/C=C3\C(=N)N4OC(C)=CC4=NC3=O)cc2OC)cc1. The van der Waals surface area contributed by atoms with E-state index in [-0.39, 0.29) is 11.4 Å². The van der Waals surface area contributed by atoms with Gasteiger partial charge in [-0.15, -0.1) is 5.06 Å². The highest BCUT2D eigenvalue weighted by Crippen LogP contribution is 2.30. The number of nitrogens with one attached hydrogen (secondary N) is 1. The molecule has 0 atom stereocenters. The maximum Gasteiger partial charge on any atom is 0.282 e. The number of fused-ring (bicyclic) bond motifs is 1. The Bertz CT molecular complexity index is 1180. The van der Waals surface area contributed by atoms with Crippen LogP contribution in [0.25, 0.3) is 6.08 Å². The lowest BCUT2D eigenvalue weighted by atomic mass is 10.1. The van der Waals surface area contributed by atoms with E-state index < -0.39 is 5.91 Å². The Labute approximate surface area is 197 Å². The fraction of sp³-hybridized carbons (Fsp3) is 0.240. The van der Waals surface area contributed by atoms with E-state index in [1.165, 1.54) is 5.06 Å². The number of carbonyl (C=O) groups excluding carboxylic acids is 1. The van der Waals surface area contributed by atoms with Gasteiger partial charge in [-0.2, -0.15) is 4.99 Å². The quantitative estimate of drug-likeness (QED) is 0.443. The molecule has 0 radical (unpaired) electrons. The normalized spacial score (nSPS) is 16.0. The maximum absolute atomic E-state index is 12.4. The molecule has 9 nitrogen and oxygen atoms in total. The number of nitrogens with zero attached hydrogens (tertiary/aromatic N) is 2. The van der Waals surface area contributed by atoms with Crippen molar-refractivity contribution in [3.8, 4) is 23.0 Å². The second kappa shape index (κ2) is 10.1. The summed E-state index contributed by atoms with van der Waals surface area (Å²) in [7, 11) is 3.17. The summed E-state index contributed by atoms with van der Waals surface area (Å²) in [6.45, 7) is 2.67. The van der Waals surface area contributed by atoms with Crippen molar-refractivity contribution in [3.63, 3.8) is 0 Å². The molecular weight excluding hydrogens is 438 g/mol. The summed E-state index contributed by atoms with van der Waals surface area (Å²) < 4.78 is 22.1. The van der Waals surface area contributed by atoms with Crippen LogP contribution < -0.4 is 18.9 Å². The molecule has 0 spiro atoms. The van der Waals surface area contributed by atoms with E-state index in [1.807, 2.05) is 24.3 Å². The van der Waals surface area contributed by atoms with E-state index in [9.17, 15) is 4.79 Å². The summed E-state index contributed by atoms with van der Waals surface area (Å²) in [6, 6.07) is 12.7. The van der Waals surface area contributed by atoms with Crippen molar-refractivity contribution in [2.45, 2.75) is 13.3 Å². The van der Waals surface area contributed by atoms with Gasteiger partial charge in [-0.1, -0.05) is 6.07 Å². The molecule has 0 saturated heterocycles. The van der Waals surface area contributed by atoms with Crippen molar-refractivity contribution in [3.05, 3.63) is 65.4 Å². The first kappa shape index (κ1) is 22.9. The molecule has 2 heterocycles. The molecule has 0 bridgehead atoms. The Balaban J connectivity index is 1.35. The highest BCUT2D eigenvalue weighted by atomic mass is 16.7. The number of allylic oxidation sites excluding steroid dienone is 1. The molecule has 176 valence electrons. The number of amidine groups is 2. The molecule has 2 aliphatic heterocycles. The number of ether oxygens (including phenoxy) is 4. The van der Waals surface area contributed by atoms with Gasteiger partial charge in [0.25, 0.3) is 5.91 Å². The van der Waals surface area contributed by atoms with E-state index in [0.29, 0.717) is 48.3 Å². The van der Waals surface area contributed by atoms with E-state index >= 15 is 0 Å². The number of benzene rings is 2. The molecule has 2 aromatic carbocycles. The summed E-state index contributed by atoms with van der Waals surface area (Å²) in [5, 5.41) is 9.55. The maximum atomic E-state index is 12.4. The van der Waals surface area contributed by atoms with Crippen LogP contribution in [0.3, 0.4) is 0 Å². The number of aliphatic imine (C=N–C) groups is 1. The number of methoxy groups -OCH3 is 2. The first-order chi connectivity index (χ1) is 16.5. The molecule has 2 aliphatic rings. The highest BCUT2D eigenvalue weighted by molar-refractivity contribution is 6.32. The van der Waals surface area contributed by atoms with Gasteiger partial charge in [0.15, 0.2) is 23.2 Å². The summed E-state index contributed by atoms with van der Waals surface area (Å²) in [4.78, 5) is 21.9. The van der Waals surface area contributed by atoms with Crippen LogP contribution in [0.15, 0.2) is 64.9 Å². The summed E-state index contributed by atoms with van der Waals surface area (Å²) in [6.07, 6.45) is 3.87. The van der Waals surface area contributed by atoms with Gasteiger partial charge in [0, 0.05) is 12.5 Å². The number of hydroxylamine groups is 2. The molecule has 0 aliphatic carbocycles. The number of hydrogen-bond donors (Lipinski definition) is 1. The fourth-order valence-corrected chi connectivity index (χ4v) is 3.36. The molecule has 34 heavy (non-hydrogen) atoms. The van der Waals surface area contributed by atoms with Gasteiger partial charge in [0.1, 0.15) is 17.3 Å². The monoisotopic (exact) mass is 463 g/mol. The van der Waals surface area contributed by atoms with Crippen LogP contribution in [-0.2, 0) is 9.63 Å². The van der Waals surface area contributed by atoms with E-state index in [4.69, 9.17) is 29.2 Å². The van der Waals surface area contributed by atoms with Crippen molar-refractivity contribution in [2.24, 2.45) is 4.99 Å². The van der Waals surface area contributed by atoms with E-state index in [2.05, 4.69) is 4.99 Å². The zero-order valence-corrected chi connectivity index (χ0v) is 19.2. The fourth-order valence-electron chi connectivity index (χ4n) is 3.36. The van der Waals surface area contributed by atoms with Gasteiger partial charge in [-0.3, -0.25) is 10.2 Å². The predicted octanol–water partition coefficient (Wildman–Crippen LogP) is 4.00. The van der Waals surface area contributed by atoms with Crippen molar-refractivity contribution < 1.29 is 28.6 Å². The molecule has 2 aromatic rings.